The Hall–Kier alpha value is -3.71. The fourth-order valence-corrected chi connectivity index (χ4v) is 3.30. The van der Waals surface area contributed by atoms with Gasteiger partial charge in [0, 0.05) is 16.8 Å². The number of amides is 2. The van der Waals surface area contributed by atoms with Crippen molar-refractivity contribution in [3.05, 3.63) is 82.9 Å². The maximum atomic E-state index is 12.8. The molecule has 7 heteroatoms. The molecule has 3 aromatic rings. The number of aliphatic hydroxyl groups is 1. The average molecular weight is 388 g/mol. The van der Waals surface area contributed by atoms with Gasteiger partial charge in [0.2, 0.25) is 0 Å². The van der Waals surface area contributed by atoms with Crippen molar-refractivity contribution in [3.63, 3.8) is 0 Å². The summed E-state index contributed by atoms with van der Waals surface area (Å²) in [5.41, 5.74) is 3.68. The van der Waals surface area contributed by atoms with Gasteiger partial charge in [0.25, 0.3) is 11.8 Å². The van der Waals surface area contributed by atoms with Crippen LogP contribution in [0.1, 0.15) is 39.0 Å². The third-order valence-electron chi connectivity index (χ3n) is 4.78. The first-order valence-electron chi connectivity index (χ1n) is 9.21. The van der Waals surface area contributed by atoms with Gasteiger partial charge in [-0.2, -0.15) is 0 Å². The van der Waals surface area contributed by atoms with Crippen LogP contribution in [0.15, 0.2) is 54.7 Å². The van der Waals surface area contributed by atoms with Crippen LogP contribution in [0.2, 0.25) is 0 Å². The normalized spacial score (nSPS) is 15.1. The monoisotopic (exact) mass is 388 g/mol. The number of carbonyl (C=O) groups is 2. The third-order valence-corrected chi connectivity index (χ3v) is 4.78. The Balaban J connectivity index is 1.61. The summed E-state index contributed by atoms with van der Waals surface area (Å²) >= 11 is 0. The largest absolute Gasteiger partial charge is 0.394 e. The summed E-state index contributed by atoms with van der Waals surface area (Å²) in [6.07, 6.45) is 3.36. The molecule has 146 valence electrons. The fourth-order valence-electron chi connectivity index (χ4n) is 3.30. The smallest absolute Gasteiger partial charge is 0.256 e. The molecule has 4 N–H and O–H groups in total. The number of aromatic amines is 1. The second-order valence-electron chi connectivity index (χ2n) is 6.82. The maximum absolute atomic E-state index is 12.8. The molecule has 0 saturated carbocycles. The summed E-state index contributed by atoms with van der Waals surface area (Å²) in [6, 6.07) is 13.8. The number of carbonyl (C=O) groups excluding carboxylic acids is 2. The number of rotatable bonds is 5. The van der Waals surface area contributed by atoms with Crippen molar-refractivity contribution in [3.8, 4) is 0 Å². The van der Waals surface area contributed by atoms with E-state index in [0.29, 0.717) is 28.1 Å². The zero-order valence-electron chi connectivity index (χ0n) is 15.8. The molecule has 1 aromatic heterocycles. The summed E-state index contributed by atoms with van der Waals surface area (Å²) in [5.74, 6) is 0.189. The SMILES string of the molecule is Cc1ncc(/C=C2\C(=O)Nc3ccc(C(=O)N[C@H](CO)c4ccccc4)cc32)[nH]1. The Morgan fingerprint density at radius 1 is 1.24 bits per heavy atom. The summed E-state index contributed by atoms with van der Waals surface area (Å²) in [4.78, 5) is 32.4. The summed E-state index contributed by atoms with van der Waals surface area (Å²) < 4.78 is 0. The molecule has 1 aliphatic heterocycles. The van der Waals surface area contributed by atoms with Crippen molar-refractivity contribution < 1.29 is 14.7 Å². The van der Waals surface area contributed by atoms with E-state index in [0.717, 1.165) is 11.4 Å². The zero-order valence-corrected chi connectivity index (χ0v) is 15.8. The van der Waals surface area contributed by atoms with Gasteiger partial charge in [-0.3, -0.25) is 9.59 Å². The number of aliphatic hydroxyl groups excluding tert-OH is 1. The first-order valence-corrected chi connectivity index (χ1v) is 9.21. The quantitative estimate of drug-likeness (QED) is 0.504. The standard InChI is InChI=1S/C22H20N4O3/c1-13-23-11-16(24-13)10-18-17-9-15(7-8-19(17)25-22(18)29)21(28)26-20(12-27)14-5-3-2-4-6-14/h2-11,20,27H,12H2,1H3,(H,23,24)(H,25,29)(H,26,28)/b18-10-/t20-/m1/s1. The number of hydrogen-bond donors (Lipinski definition) is 4. The lowest BCUT2D eigenvalue weighted by atomic mass is 10.0. The van der Waals surface area contributed by atoms with Crippen molar-refractivity contribution in [1.82, 2.24) is 15.3 Å². The maximum Gasteiger partial charge on any atom is 0.256 e. The highest BCUT2D eigenvalue weighted by Crippen LogP contribution is 2.33. The highest BCUT2D eigenvalue weighted by atomic mass is 16.3. The average Bonchev–Trinajstić information content (AvgIpc) is 3.29. The minimum atomic E-state index is -0.514. The zero-order chi connectivity index (χ0) is 20.4. The lowest BCUT2D eigenvalue weighted by Crippen LogP contribution is -2.30. The molecule has 0 saturated heterocycles. The molecule has 1 aliphatic rings. The van der Waals surface area contributed by atoms with Gasteiger partial charge in [-0.15, -0.1) is 0 Å². The Labute approximate surface area is 167 Å². The number of nitrogens with zero attached hydrogens (tertiary/aromatic N) is 1. The van der Waals surface area contributed by atoms with Crippen LogP contribution in [0.25, 0.3) is 11.6 Å². The van der Waals surface area contributed by atoms with Crippen molar-refractivity contribution in [2.45, 2.75) is 13.0 Å². The molecule has 7 nitrogen and oxygen atoms in total. The number of H-pyrrole nitrogens is 1. The first-order chi connectivity index (χ1) is 14.0. The van der Waals surface area contributed by atoms with Gasteiger partial charge in [-0.05, 0) is 36.8 Å². The van der Waals surface area contributed by atoms with Gasteiger partial charge in [-0.25, -0.2) is 4.98 Å². The molecule has 2 amide bonds. The number of aryl methyl sites for hydroxylation is 1. The number of benzene rings is 2. The Bertz CT molecular complexity index is 1100. The molecule has 29 heavy (non-hydrogen) atoms. The summed E-state index contributed by atoms with van der Waals surface area (Å²) in [5, 5.41) is 15.3. The van der Waals surface area contributed by atoms with Crippen molar-refractivity contribution >= 4 is 29.2 Å². The van der Waals surface area contributed by atoms with Gasteiger partial charge >= 0.3 is 0 Å². The van der Waals surface area contributed by atoms with Crippen LogP contribution in [0.3, 0.4) is 0 Å². The summed E-state index contributed by atoms with van der Waals surface area (Å²) in [6.45, 7) is 1.61. The highest BCUT2D eigenvalue weighted by Gasteiger charge is 2.26. The van der Waals surface area contributed by atoms with E-state index in [1.54, 1.807) is 30.5 Å². The molecule has 0 spiro atoms. The van der Waals surface area contributed by atoms with Crippen molar-refractivity contribution in [1.29, 1.82) is 0 Å². The van der Waals surface area contributed by atoms with Crippen LogP contribution in [0, 0.1) is 6.92 Å². The van der Waals surface area contributed by atoms with Gasteiger partial charge in [0.15, 0.2) is 0 Å². The lowest BCUT2D eigenvalue weighted by molar-refractivity contribution is -0.110. The molecule has 1 atom stereocenters. The summed E-state index contributed by atoms with van der Waals surface area (Å²) in [7, 11) is 0. The molecule has 4 rings (SSSR count). The number of fused-ring (bicyclic) bond motifs is 1. The molecular formula is C22H20N4O3. The minimum absolute atomic E-state index is 0.217. The van der Waals surface area contributed by atoms with E-state index in [9.17, 15) is 14.7 Å². The molecule has 0 bridgehead atoms. The highest BCUT2D eigenvalue weighted by molar-refractivity contribution is 6.35. The van der Waals surface area contributed by atoms with Crippen LogP contribution >= 0.6 is 0 Å². The van der Waals surface area contributed by atoms with Gasteiger partial charge in [0.05, 0.1) is 30.1 Å². The van der Waals surface area contributed by atoms with Gasteiger partial charge < -0.3 is 20.7 Å². The molecule has 0 radical (unpaired) electrons. The number of aromatic nitrogens is 2. The number of nitrogens with one attached hydrogen (secondary N) is 3. The second kappa shape index (κ2) is 7.73. The lowest BCUT2D eigenvalue weighted by Gasteiger charge is -2.17. The van der Waals surface area contributed by atoms with Gasteiger partial charge in [0.1, 0.15) is 5.82 Å². The van der Waals surface area contributed by atoms with E-state index in [-0.39, 0.29) is 18.4 Å². The molecule has 0 unspecified atom stereocenters. The number of hydrogen-bond acceptors (Lipinski definition) is 4. The Morgan fingerprint density at radius 2 is 2.03 bits per heavy atom. The number of imidazole rings is 1. The predicted molar refractivity (Wildman–Crippen MR) is 110 cm³/mol. The van der Waals surface area contributed by atoms with E-state index in [2.05, 4.69) is 20.6 Å². The van der Waals surface area contributed by atoms with E-state index in [1.807, 2.05) is 37.3 Å². The minimum Gasteiger partial charge on any atom is -0.394 e. The predicted octanol–water partition coefficient (Wildman–Crippen LogP) is 2.67. The van der Waals surface area contributed by atoms with E-state index in [4.69, 9.17) is 0 Å². The van der Waals surface area contributed by atoms with Crippen molar-refractivity contribution in [2.75, 3.05) is 11.9 Å². The van der Waals surface area contributed by atoms with Crippen molar-refractivity contribution in [2.24, 2.45) is 0 Å². The van der Waals surface area contributed by atoms with E-state index >= 15 is 0 Å². The molecular weight excluding hydrogens is 368 g/mol. The van der Waals surface area contributed by atoms with E-state index < -0.39 is 6.04 Å². The molecule has 2 aromatic carbocycles. The molecule has 0 aliphatic carbocycles. The Morgan fingerprint density at radius 3 is 2.72 bits per heavy atom. The second-order valence-corrected chi connectivity index (χ2v) is 6.82. The molecule has 2 heterocycles. The van der Waals surface area contributed by atoms with Crippen LogP contribution in [-0.2, 0) is 4.79 Å². The van der Waals surface area contributed by atoms with Crippen LogP contribution in [-0.4, -0.2) is 33.5 Å². The van der Waals surface area contributed by atoms with Crippen LogP contribution < -0.4 is 10.6 Å². The number of anilines is 1. The fraction of sp³-hybridized carbons (Fsp3) is 0.136. The topological polar surface area (TPSA) is 107 Å². The Kier molecular flexibility index (Phi) is 4.97. The van der Waals surface area contributed by atoms with Crippen LogP contribution in [0.5, 0.6) is 0 Å². The van der Waals surface area contributed by atoms with Crippen LogP contribution in [0.4, 0.5) is 5.69 Å². The molecule has 0 fully saturated rings. The third kappa shape index (κ3) is 3.81. The van der Waals surface area contributed by atoms with Gasteiger partial charge in [-0.1, -0.05) is 30.3 Å². The first kappa shape index (κ1) is 18.6. The van der Waals surface area contributed by atoms with E-state index in [1.165, 1.54) is 0 Å².